The standard InChI is InChI=1S/C11H12F2N4OS/c1-7-8(5-17(16-7)6-10(12)13)9-3-4-14-11(15-9)19(2)18/h3-5,10H,6H2,1-2H3. The van der Waals surface area contributed by atoms with Gasteiger partial charge in [-0.05, 0) is 13.0 Å². The van der Waals surface area contributed by atoms with E-state index in [1.54, 1.807) is 13.0 Å². The van der Waals surface area contributed by atoms with E-state index in [-0.39, 0.29) is 5.16 Å². The molecule has 0 aliphatic carbocycles. The van der Waals surface area contributed by atoms with Gasteiger partial charge in [-0.25, -0.2) is 18.7 Å². The zero-order valence-corrected chi connectivity index (χ0v) is 11.2. The molecule has 0 fully saturated rings. The molecule has 0 saturated heterocycles. The summed E-state index contributed by atoms with van der Waals surface area (Å²) in [5, 5.41) is 4.21. The minimum Gasteiger partial charge on any atom is -0.266 e. The number of hydrogen-bond donors (Lipinski definition) is 0. The average molecular weight is 286 g/mol. The summed E-state index contributed by atoms with van der Waals surface area (Å²) in [4.78, 5) is 8.03. The van der Waals surface area contributed by atoms with E-state index in [0.717, 1.165) is 0 Å². The van der Waals surface area contributed by atoms with Crippen LogP contribution in [0.25, 0.3) is 11.3 Å². The molecule has 0 aliphatic heterocycles. The largest absolute Gasteiger partial charge is 0.266 e. The highest BCUT2D eigenvalue weighted by atomic mass is 32.2. The Bertz CT molecular complexity index is 614. The zero-order chi connectivity index (χ0) is 14.0. The average Bonchev–Trinajstić information content (AvgIpc) is 2.69. The lowest BCUT2D eigenvalue weighted by atomic mass is 10.2. The molecular formula is C11H12F2N4OS. The Morgan fingerprint density at radius 1 is 1.47 bits per heavy atom. The third-order valence-electron chi connectivity index (χ3n) is 2.44. The number of nitrogens with zero attached hydrogens (tertiary/aromatic N) is 4. The fourth-order valence-electron chi connectivity index (χ4n) is 1.63. The molecular weight excluding hydrogens is 274 g/mol. The summed E-state index contributed by atoms with van der Waals surface area (Å²) in [5.41, 5.74) is 1.75. The van der Waals surface area contributed by atoms with Crippen molar-refractivity contribution >= 4 is 10.8 Å². The van der Waals surface area contributed by atoms with Crippen molar-refractivity contribution in [1.82, 2.24) is 19.7 Å². The summed E-state index contributed by atoms with van der Waals surface area (Å²) in [6.45, 7) is 1.25. The van der Waals surface area contributed by atoms with Crippen LogP contribution >= 0.6 is 0 Å². The van der Waals surface area contributed by atoms with Gasteiger partial charge >= 0.3 is 0 Å². The molecule has 1 atom stereocenters. The van der Waals surface area contributed by atoms with Gasteiger partial charge in [0.25, 0.3) is 6.43 Å². The van der Waals surface area contributed by atoms with E-state index in [2.05, 4.69) is 15.1 Å². The van der Waals surface area contributed by atoms with Gasteiger partial charge in [-0.15, -0.1) is 0 Å². The van der Waals surface area contributed by atoms with Crippen molar-refractivity contribution in [3.05, 3.63) is 24.2 Å². The Morgan fingerprint density at radius 3 is 2.84 bits per heavy atom. The topological polar surface area (TPSA) is 60.7 Å². The summed E-state index contributed by atoms with van der Waals surface area (Å²) < 4.78 is 37.1. The lowest BCUT2D eigenvalue weighted by Gasteiger charge is -2.00. The van der Waals surface area contributed by atoms with Gasteiger partial charge in [0.15, 0.2) is 0 Å². The predicted octanol–water partition coefficient (Wildman–Crippen LogP) is 1.65. The van der Waals surface area contributed by atoms with Crippen molar-refractivity contribution in [3.63, 3.8) is 0 Å². The summed E-state index contributed by atoms with van der Waals surface area (Å²) in [5.74, 6) is 0. The van der Waals surface area contributed by atoms with Crippen LogP contribution in [0.5, 0.6) is 0 Å². The summed E-state index contributed by atoms with van der Waals surface area (Å²) >= 11 is 0. The third kappa shape index (κ3) is 3.19. The van der Waals surface area contributed by atoms with Crippen molar-refractivity contribution < 1.29 is 13.0 Å². The van der Waals surface area contributed by atoms with Gasteiger partial charge in [-0.1, -0.05) is 0 Å². The molecule has 2 rings (SSSR count). The maximum atomic E-state index is 12.3. The van der Waals surface area contributed by atoms with Crippen molar-refractivity contribution in [3.8, 4) is 11.3 Å². The van der Waals surface area contributed by atoms with Crippen LogP contribution in [0.1, 0.15) is 5.69 Å². The van der Waals surface area contributed by atoms with Crippen molar-refractivity contribution in [2.45, 2.75) is 25.1 Å². The molecule has 0 aromatic carbocycles. The molecule has 0 amide bonds. The van der Waals surface area contributed by atoms with Gasteiger partial charge in [0, 0.05) is 24.2 Å². The molecule has 0 bridgehead atoms. The minimum absolute atomic E-state index is 0.207. The van der Waals surface area contributed by atoms with E-state index in [1.807, 2.05) is 0 Å². The van der Waals surface area contributed by atoms with Crippen molar-refractivity contribution in [2.75, 3.05) is 6.26 Å². The van der Waals surface area contributed by atoms with Crippen molar-refractivity contribution in [2.24, 2.45) is 0 Å². The number of hydrogen-bond acceptors (Lipinski definition) is 4. The van der Waals surface area contributed by atoms with Crippen LogP contribution in [0.15, 0.2) is 23.6 Å². The molecule has 0 saturated carbocycles. The highest BCUT2D eigenvalue weighted by molar-refractivity contribution is 7.84. The Kier molecular flexibility index (Phi) is 3.98. The Morgan fingerprint density at radius 2 is 2.21 bits per heavy atom. The first-order valence-corrected chi connectivity index (χ1v) is 7.02. The molecule has 2 aromatic heterocycles. The van der Waals surface area contributed by atoms with Crippen LogP contribution in [0.3, 0.4) is 0 Å². The molecule has 2 aromatic rings. The molecule has 0 spiro atoms. The predicted molar refractivity (Wildman–Crippen MR) is 66.3 cm³/mol. The third-order valence-corrected chi connectivity index (χ3v) is 3.15. The van der Waals surface area contributed by atoms with E-state index in [4.69, 9.17) is 0 Å². The maximum Gasteiger partial charge on any atom is 0.257 e. The highest BCUT2D eigenvalue weighted by Gasteiger charge is 2.13. The first kappa shape index (κ1) is 13.7. The second-order valence-corrected chi connectivity index (χ2v) is 5.19. The fraction of sp³-hybridized carbons (Fsp3) is 0.364. The van der Waals surface area contributed by atoms with Crippen LogP contribution in [0.2, 0.25) is 0 Å². The lowest BCUT2D eigenvalue weighted by molar-refractivity contribution is 0.121. The minimum atomic E-state index is -2.46. The van der Waals surface area contributed by atoms with E-state index < -0.39 is 23.8 Å². The van der Waals surface area contributed by atoms with Crippen molar-refractivity contribution in [1.29, 1.82) is 0 Å². The fourth-order valence-corrected chi connectivity index (χ4v) is 2.07. The number of alkyl halides is 2. The van der Waals surface area contributed by atoms with Gasteiger partial charge in [-0.2, -0.15) is 5.10 Å². The quantitative estimate of drug-likeness (QED) is 0.802. The molecule has 1 unspecified atom stereocenters. The second-order valence-electron chi connectivity index (χ2n) is 3.92. The summed E-state index contributed by atoms with van der Waals surface area (Å²) in [6, 6.07) is 1.63. The first-order valence-electron chi connectivity index (χ1n) is 5.46. The normalized spacial score (nSPS) is 12.9. The molecule has 19 heavy (non-hydrogen) atoms. The molecule has 0 radical (unpaired) electrons. The van der Waals surface area contributed by atoms with Crippen LogP contribution < -0.4 is 0 Å². The van der Waals surface area contributed by atoms with E-state index >= 15 is 0 Å². The van der Waals surface area contributed by atoms with Gasteiger partial charge < -0.3 is 0 Å². The lowest BCUT2D eigenvalue weighted by Crippen LogP contribution is -2.06. The number of aromatic nitrogens is 4. The van der Waals surface area contributed by atoms with Gasteiger partial charge in [-0.3, -0.25) is 8.89 Å². The zero-order valence-electron chi connectivity index (χ0n) is 10.4. The summed E-state index contributed by atoms with van der Waals surface area (Å²) in [7, 11) is -1.29. The van der Waals surface area contributed by atoms with Crippen LogP contribution in [-0.2, 0) is 17.3 Å². The molecule has 0 aliphatic rings. The Balaban J connectivity index is 2.38. The Hall–Kier alpha value is -1.70. The molecule has 8 heteroatoms. The molecule has 102 valence electrons. The molecule has 0 N–H and O–H groups in total. The Labute approximate surface area is 111 Å². The summed E-state index contributed by atoms with van der Waals surface area (Å²) in [6.07, 6.45) is 2.01. The van der Waals surface area contributed by atoms with Crippen LogP contribution in [0, 0.1) is 6.92 Å². The first-order chi connectivity index (χ1) is 8.97. The van der Waals surface area contributed by atoms with Crippen LogP contribution in [0.4, 0.5) is 8.78 Å². The van der Waals surface area contributed by atoms with Gasteiger partial charge in [0.1, 0.15) is 6.54 Å². The number of aryl methyl sites for hydroxylation is 1. The number of halogens is 2. The van der Waals surface area contributed by atoms with E-state index in [0.29, 0.717) is 17.0 Å². The second kappa shape index (κ2) is 5.52. The van der Waals surface area contributed by atoms with Crippen LogP contribution in [-0.4, -0.2) is 36.6 Å². The van der Waals surface area contributed by atoms with E-state index in [9.17, 15) is 13.0 Å². The number of rotatable bonds is 4. The molecule has 2 heterocycles. The monoisotopic (exact) mass is 286 g/mol. The molecule has 5 nitrogen and oxygen atoms in total. The smallest absolute Gasteiger partial charge is 0.257 e. The maximum absolute atomic E-state index is 12.3. The van der Waals surface area contributed by atoms with Gasteiger partial charge in [0.05, 0.1) is 22.2 Å². The van der Waals surface area contributed by atoms with E-state index in [1.165, 1.54) is 23.3 Å². The highest BCUT2D eigenvalue weighted by Crippen LogP contribution is 2.20. The SMILES string of the molecule is Cc1nn(CC(F)F)cc1-c1ccnc(S(C)=O)n1. The van der Waals surface area contributed by atoms with Gasteiger partial charge in [0.2, 0.25) is 5.16 Å².